The zero-order valence-electron chi connectivity index (χ0n) is 11.0. The topological polar surface area (TPSA) is 41.1 Å². The molecule has 3 nitrogen and oxygen atoms in total. The molecule has 4 bridgehead atoms. The molecule has 1 heterocycles. The predicted octanol–water partition coefficient (Wildman–Crippen LogP) is 1.54. The normalized spacial score (nSPS) is 45.9. The molecule has 2 N–H and O–H groups in total. The lowest BCUT2D eigenvalue weighted by atomic mass is 9.54. The van der Waals surface area contributed by atoms with E-state index in [9.17, 15) is 4.79 Å². The van der Waals surface area contributed by atoms with Crippen LogP contribution in [0.25, 0.3) is 0 Å². The highest BCUT2D eigenvalue weighted by Crippen LogP contribution is 2.53. The van der Waals surface area contributed by atoms with Crippen LogP contribution in [0.1, 0.15) is 38.5 Å². The summed E-state index contributed by atoms with van der Waals surface area (Å²) < 4.78 is 0. The fourth-order valence-electron chi connectivity index (χ4n) is 5.16. The predicted molar refractivity (Wildman–Crippen MR) is 70.0 cm³/mol. The first kappa shape index (κ1) is 11.3. The number of amides is 1. The Hall–Kier alpha value is -0.570. The second-order valence-corrected chi connectivity index (χ2v) is 7.25. The van der Waals surface area contributed by atoms with Crippen molar-refractivity contribution in [1.82, 2.24) is 10.6 Å². The lowest BCUT2D eigenvalue weighted by Gasteiger charge is -2.54. The molecule has 4 saturated carbocycles. The summed E-state index contributed by atoms with van der Waals surface area (Å²) in [5.41, 5.74) is 0. The molecule has 0 aromatic carbocycles. The molecule has 3 heteroatoms. The second kappa shape index (κ2) is 4.22. The molecule has 4 aliphatic carbocycles. The van der Waals surface area contributed by atoms with Crippen molar-refractivity contribution >= 4 is 5.91 Å². The van der Waals surface area contributed by atoms with E-state index in [2.05, 4.69) is 10.6 Å². The third kappa shape index (κ3) is 1.87. The van der Waals surface area contributed by atoms with Crippen molar-refractivity contribution in [2.24, 2.45) is 29.6 Å². The largest absolute Gasteiger partial charge is 0.353 e. The van der Waals surface area contributed by atoms with E-state index in [4.69, 9.17) is 0 Å². The van der Waals surface area contributed by atoms with Gasteiger partial charge in [0.2, 0.25) is 5.91 Å². The Kier molecular flexibility index (Phi) is 2.65. The van der Waals surface area contributed by atoms with Crippen LogP contribution in [0.15, 0.2) is 0 Å². The molecule has 5 aliphatic rings. The van der Waals surface area contributed by atoms with Crippen LogP contribution in [-0.4, -0.2) is 25.0 Å². The molecule has 1 aliphatic heterocycles. The van der Waals surface area contributed by atoms with Gasteiger partial charge < -0.3 is 10.6 Å². The smallest absolute Gasteiger partial charge is 0.220 e. The van der Waals surface area contributed by atoms with E-state index in [0.717, 1.165) is 43.2 Å². The minimum atomic E-state index is 0.318. The van der Waals surface area contributed by atoms with Crippen LogP contribution in [0.4, 0.5) is 0 Å². The van der Waals surface area contributed by atoms with Crippen molar-refractivity contribution in [3.05, 3.63) is 0 Å². The lowest BCUT2D eigenvalue weighted by Crippen LogP contribution is -2.56. The van der Waals surface area contributed by atoms with Crippen LogP contribution < -0.4 is 10.6 Å². The molecule has 5 fully saturated rings. The monoisotopic (exact) mass is 248 g/mol. The number of carbonyl (C=O) groups is 1. The minimum absolute atomic E-state index is 0.318. The molecule has 100 valence electrons. The molecule has 0 radical (unpaired) electrons. The van der Waals surface area contributed by atoms with Crippen molar-refractivity contribution in [1.29, 1.82) is 0 Å². The molecule has 1 amide bonds. The summed E-state index contributed by atoms with van der Waals surface area (Å²) in [6.45, 7) is 2.07. The zero-order chi connectivity index (χ0) is 12.1. The average Bonchev–Trinajstić information content (AvgIpc) is 2.28. The van der Waals surface area contributed by atoms with Crippen molar-refractivity contribution < 1.29 is 4.79 Å². The second-order valence-electron chi connectivity index (χ2n) is 7.25. The van der Waals surface area contributed by atoms with Gasteiger partial charge in [0, 0.05) is 12.5 Å². The first-order chi connectivity index (χ1) is 8.78. The van der Waals surface area contributed by atoms with Gasteiger partial charge >= 0.3 is 0 Å². The third-order valence-electron chi connectivity index (χ3n) is 5.89. The Labute approximate surface area is 109 Å². The average molecular weight is 248 g/mol. The molecular formula is C15H24N2O. The van der Waals surface area contributed by atoms with E-state index < -0.39 is 0 Å². The van der Waals surface area contributed by atoms with Crippen molar-refractivity contribution in [2.45, 2.75) is 44.6 Å². The molecular weight excluding hydrogens is 224 g/mol. The van der Waals surface area contributed by atoms with Crippen LogP contribution in [0.5, 0.6) is 0 Å². The zero-order valence-corrected chi connectivity index (χ0v) is 11.0. The van der Waals surface area contributed by atoms with Crippen molar-refractivity contribution in [3.8, 4) is 0 Å². The summed E-state index contributed by atoms with van der Waals surface area (Å²) in [4.78, 5) is 12.1. The Bertz CT molecular complexity index is 322. The molecule has 0 aromatic heterocycles. The van der Waals surface area contributed by atoms with E-state index in [1.807, 2.05) is 0 Å². The van der Waals surface area contributed by atoms with Gasteiger partial charge in [-0.1, -0.05) is 0 Å². The van der Waals surface area contributed by atoms with E-state index in [1.165, 1.54) is 32.1 Å². The summed E-state index contributed by atoms with van der Waals surface area (Å²) in [5.74, 6) is 4.53. The molecule has 0 spiro atoms. The Morgan fingerprint density at radius 1 is 1.00 bits per heavy atom. The first-order valence-corrected chi connectivity index (χ1v) is 7.78. The van der Waals surface area contributed by atoms with Gasteiger partial charge in [0.1, 0.15) is 0 Å². The number of hydrogen-bond acceptors (Lipinski definition) is 2. The minimum Gasteiger partial charge on any atom is -0.353 e. The molecule has 5 rings (SSSR count). The number of hydrogen-bond donors (Lipinski definition) is 2. The van der Waals surface area contributed by atoms with Gasteiger partial charge in [0.15, 0.2) is 0 Å². The van der Waals surface area contributed by atoms with E-state index in [0.29, 0.717) is 17.9 Å². The first-order valence-electron chi connectivity index (χ1n) is 7.78. The van der Waals surface area contributed by atoms with Crippen LogP contribution >= 0.6 is 0 Å². The van der Waals surface area contributed by atoms with Crippen LogP contribution in [0, 0.1) is 29.6 Å². The number of carbonyl (C=O) groups excluding carboxylic acids is 1. The summed E-state index contributed by atoms with van der Waals surface area (Å²) in [7, 11) is 0. The maximum atomic E-state index is 12.1. The van der Waals surface area contributed by atoms with E-state index in [1.54, 1.807) is 0 Å². The van der Waals surface area contributed by atoms with Crippen molar-refractivity contribution in [3.63, 3.8) is 0 Å². The highest BCUT2D eigenvalue weighted by atomic mass is 16.1. The molecule has 0 aromatic rings. The van der Waals surface area contributed by atoms with Gasteiger partial charge in [-0.05, 0) is 74.8 Å². The van der Waals surface area contributed by atoms with Gasteiger partial charge in [-0.25, -0.2) is 0 Å². The van der Waals surface area contributed by atoms with Gasteiger partial charge in [0.25, 0.3) is 0 Å². The van der Waals surface area contributed by atoms with E-state index in [-0.39, 0.29) is 0 Å². The third-order valence-corrected chi connectivity index (χ3v) is 5.89. The summed E-state index contributed by atoms with van der Waals surface area (Å²) >= 11 is 0. The Balaban J connectivity index is 1.37. The van der Waals surface area contributed by atoms with Gasteiger partial charge in [-0.2, -0.15) is 0 Å². The van der Waals surface area contributed by atoms with Gasteiger partial charge in [-0.3, -0.25) is 4.79 Å². The Morgan fingerprint density at radius 2 is 1.61 bits per heavy atom. The van der Waals surface area contributed by atoms with Crippen molar-refractivity contribution in [2.75, 3.05) is 13.1 Å². The van der Waals surface area contributed by atoms with E-state index >= 15 is 0 Å². The maximum absolute atomic E-state index is 12.1. The SMILES string of the molecule is O=C(CC1CNC1)NC1C2CC3CC(C2)CC1C3. The summed E-state index contributed by atoms with van der Waals surface area (Å²) in [6, 6.07) is 0.526. The van der Waals surface area contributed by atoms with Gasteiger partial charge in [-0.15, -0.1) is 0 Å². The summed E-state index contributed by atoms with van der Waals surface area (Å²) in [6.07, 6.45) is 7.80. The van der Waals surface area contributed by atoms with Crippen LogP contribution in [-0.2, 0) is 4.79 Å². The molecule has 18 heavy (non-hydrogen) atoms. The quantitative estimate of drug-likeness (QED) is 0.795. The summed E-state index contributed by atoms with van der Waals surface area (Å²) in [5, 5.41) is 6.64. The lowest BCUT2D eigenvalue weighted by molar-refractivity contribution is -0.126. The highest BCUT2D eigenvalue weighted by Gasteiger charge is 2.48. The molecule has 0 unspecified atom stereocenters. The fraction of sp³-hybridized carbons (Fsp3) is 0.933. The Morgan fingerprint density at radius 3 is 2.11 bits per heavy atom. The van der Waals surface area contributed by atoms with Crippen LogP contribution in [0.2, 0.25) is 0 Å². The highest BCUT2D eigenvalue weighted by molar-refractivity contribution is 5.76. The standard InChI is InChI=1S/C15H24N2O/c18-14(6-11-7-16-8-11)17-15-12-2-9-1-10(4-12)5-13(15)3-9/h9-13,15-16H,1-8H2,(H,17,18). The van der Waals surface area contributed by atoms with Gasteiger partial charge in [0.05, 0.1) is 0 Å². The number of rotatable bonds is 3. The fourth-order valence-corrected chi connectivity index (χ4v) is 5.16. The molecule has 1 saturated heterocycles. The molecule has 0 atom stereocenters. The maximum Gasteiger partial charge on any atom is 0.220 e. The number of nitrogens with one attached hydrogen (secondary N) is 2. The van der Waals surface area contributed by atoms with Crippen LogP contribution in [0.3, 0.4) is 0 Å².